The van der Waals surface area contributed by atoms with E-state index in [0.29, 0.717) is 24.4 Å². The van der Waals surface area contributed by atoms with Gasteiger partial charge in [0.25, 0.3) is 5.91 Å². The molecule has 1 saturated carbocycles. The Morgan fingerprint density at radius 3 is 2.78 bits per heavy atom. The Kier molecular flexibility index (Phi) is 4.59. The lowest BCUT2D eigenvalue weighted by Gasteiger charge is -2.44. The van der Waals surface area contributed by atoms with E-state index in [9.17, 15) is 13.2 Å². The fourth-order valence-corrected chi connectivity index (χ4v) is 4.04. The molecule has 126 valence electrons. The van der Waals surface area contributed by atoms with Crippen LogP contribution in [-0.2, 0) is 14.8 Å². The number of hydrogen-bond donors (Lipinski definition) is 1. The van der Waals surface area contributed by atoms with E-state index in [2.05, 4.69) is 4.72 Å². The van der Waals surface area contributed by atoms with Crippen LogP contribution < -0.4 is 4.72 Å². The van der Waals surface area contributed by atoms with E-state index in [0.717, 1.165) is 31.9 Å². The van der Waals surface area contributed by atoms with Gasteiger partial charge < -0.3 is 9.64 Å². The maximum absolute atomic E-state index is 13.0. The molecule has 0 radical (unpaired) electrons. The topological polar surface area (TPSA) is 75.7 Å². The van der Waals surface area contributed by atoms with Crippen molar-refractivity contribution in [3.8, 4) is 0 Å². The van der Waals surface area contributed by atoms with Gasteiger partial charge in [0.05, 0.1) is 36.3 Å². The predicted octanol–water partition coefficient (Wildman–Crippen LogP) is 1.84. The monoisotopic (exact) mass is 338 g/mol. The molecule has 23 heavy (non-hydrogen) atoms. The number of nitrogens with zero attached hydrogens (tertiary/aromatic N) is 1. The SMILES string of the molecule is CS(=O)(=O)Nc1ccccc1C(=O)N1CCOC2CCCCC21. The van der Waals surface area contributed by atoms with Crippen molar-refractivity contribution in [3.05, 3.63) is 29.8 Å². The second kappa shape index (κ2) is 6.49. The molecule has 3 rings (SSSR count). The predicted molar refractivity (Wildman–Crippen MR) is 87.9 cm³/mol. The van der Waals surface area contributed by atoms with Gasteiger partial charge in [0.1, 0.15) is 0 Å². The minimum atomic E-state index is -3.43. The van der Waals surface area contributed by atoms with Crippen molar-refractivity contribution in [2.75, 3.05) is 24.1 Å². The summed E-state index contributed by atoms with van der Waals surface area (Å²) in [6.07, 6.45) is 5.35. The van der Waals surface area contributed by atoms with Crippen LogP contribution in [0.4, 0.5) is 5.69 Å². The van der Waals surface area contributed by atoms with Gasteiger partial charge in [0.15, 0.2) is 0 Å². The number of hydrogen-bond acceptors (Lipinski definition) is 4. The maximum atomic E-state index is 13.0. The summed E-state index contributed by atoms with van der Waals surface area (Å²) in [7, 11) is -3.43. The molecule has 1 saturated heterocycles. The third-order valence-electron chi connectivity index (χ3n) is 4.45. The second-order valence-corrected chi connectivity index (χ2v) is 7.93. The molecule has 2 atom stereocenters. The van der Waals surface area contributed by atoms with Gasteiger partial charge in [0.2, 0.25) is 10.0 Å². The van der Waals surface area contributed by atoms with E-state index >= 15 is 0 Å². The number of morpholine rings is 1. The van der Waals surface area contributed by atoms with Gasteiger partial charge in [0, 0.05) is 6.54 Å². The van der Waals surface area contributed by atoms with E-state index in [-0.39, 0.29) is 18.1 Å². The van der Waals surface area contributed by atoms with Crippen LogP contribution in [0.3, 0.4) is 0 Å². The molecule has 1 aromatic carbocycles. The number of fused-ring (bicyclic) bond motifs is 1. The highest BCUT2D eigenvalue weighted by Gasteiger charge is 2.37. The minimum Gasteiger partial charge on any atom is -0.374 e. The summed E-state index contributed by atoms with van der Waals surface area (Å²) >= 11 is 0. The first-order valence-electron chi connectivity index (χ1n) is 7.95. The Labute approximate surface area is 136 Å². The van der Waals surface area contributed by atoms with Crippen LogP contribution in [0.1, 0.15) is 36.0 Å². The van der Waals surface area contributed by atoms with Crippen LogP contribution in [0, 0.1) is 0 Å². The summed E-state index contributed by atoms with van der Waals surface area (Å²) in [5.74, 6) is -0.128. The average molecular weight is 338 g/mol. The van der Waals surface area contributed by atoms with Crippen molar-refractivity contribution >= 4 is 21.6 Å². The number of nitrogens with one attached hydrogen (secondary N) is 1. The van der Waals surface area contributed by atoms with Crippen molar-refractivity contribution in [2.45, 2.75) is 37.8 Å². The van der Waals surface area contributed by atoms with Crippen molar-refractivity contribution in [3.63, 3.8) is 0 Å². The van der Waals surface area contributed by atoms with E-state index in [1.165, 1.54) is 0 Å². The lowest BCUT2D eigenvalue weighted by Crippen LogP contribution is -2.54. The Morgan fingerprint density at radius 1 is 1.26 bits per heavy atom. The first kappa shape index (κ1) is 16.3. The largest absolute Gasteiger partial charge is 0.374 e. The summed E-state index contributed by atoms with van der Waals surface area (Å²) in [6.45, 7) is 1.09. The zero-order valence-corrected chi connectivity index (χ0v) is 14.0. The number of carbonyl (C=O) groups excluding carboxylic acids is 1. The van der Waals surface area contributed by atoms with Crippen LogP contribution in [0.25, 0.3) is 0 Å². The number of sulfonamides is 1. The zero-order valence-electron chi connectivity index (χ0n) is 13.2. The molecular weight excluding hydrogens is 316 g/mol. The number of ether oxygens (including phenoxy) is 1. The van der Waals surface area contributed by atoms with Crippen LogP contribution in [0.5, 0.6) is 0 Å². The third-order valence-corrected chi connectivity index (χ3v) is 5.04. The molecule has 1 N–H and O–H groups in total. The summed E-state index contributed by atoms with van der Waals surface area (Å²) in [5.41, 5.74) is 0.725. The molecule has 0 aromatic heterocycles. The van der Waals surface area contributed by atoms with Gasteiger partial charge in [-0.15, -0.1) is 0 Å². The minimum absolute atomic E-state index is 0.0938. The molecular formula is C16H22N2O4S. The summed E-state index contributed by atoms with van der Waals surface area (Å²) in [5, 5.41) is 0. The third kappa shape index (κ3) is 3.67. The van der Waals surface area contributed by atoms with Gasteiger partial charge in [-0.05, 0) is 25.0 Å². The van der Waals surface area contributed by atoms with Crippen molar-refractivity contribution in [1.29, 1.82) is 0 Å². The van der Waals surface area contributed by atoms with E-state index < -0.39 is 10.0 Å². The van der Waals surface area contributed by atoms with Gasteiger partial charge in [-0.25, -0.2) is 8.42 Å². The first-order valence-corrected chi connectivity index (χ1v) is 9.84. The Morgan fingerprint density at radius 2 is 2.00 bits per heavy atom. The molecule has 2 unspecified atom stereocenters. The van der Waals surface area contributed by atoms with E-state index in [1.54, 1.807) is 24.3 Å². The van der Waals surface area contributed by atoms with E-state index in [4.69, 9.17) is 4.74 Å². The first-order chi connectivity index (χ1) is 11.0. The number of anilines is 1. The molecule has 0 spiro atoms. The molecule has 2 fully saturated rings. The number of benzene rings is 1. The van der Waals surface area contributed by atoms with Crippen molar-refractivity contribution in [1.82, 2.24) is 4.90 Å². The highest BCUT2D eigenvalue weighted by molar-refractivity contribution is 7.92. The Hall–Kier alpha value is -1.60. The molecule has 1 heterocycles. The Balaban J connectivity index is 1.88. The standard InChI is InChI=1S/C16H22N2O4S/c1-23(20,21)17-13-7-3-2-6-12(13)16(19)18-10-11-22-15-9-5-4-8-14(15)18/h2-3,6-7,14-15,17H,4-5,8-11H2,1H3. The molecule has 6 nitrogen and oxygen atoms in total. The van der Waals surface area contributed by atoms with Gasteiger partial charge in [-0.3, -0.25) is 9.52 Å². The smallest absolute Gasteiger partial charge is 0.256 e. The molecule has 7 heteroatoms. The number of carbonyl (C=O) groups is 1. The quantitative estimate of drug-likeness (QED) is 0.912. The number of amides is 1. The molecule has 1 amide bonds. The van der Waals surface area contributed by atoms with Crippen molar-refractivity contribution in [2.24, 2.45) is 0 Å². The maximum Gasteiger partial charge on any atom is 0.256 e. The van der Waals surface area contributed by atoms with Crippen LogP contribution >= 0.6 is 0 Å². The van der Waals surface area contributed by atoms with Crippen LogP contribution in [0.2, 0.25) is 0 Å². The number of para-hydroxylation sites is 1. The second-order valence-electron chi connectivity index (χ2n) is 6.18. The zero-order chi connectivity index (χ0) is 16.4. The fourth-order valence-electron chi connectivity index (χ4n) is 3.46. The van der Waals surface area contributed by atoms with Gasteiger partial charge in [-0.1, -0.05) is 25.0 Å². The molecule has 1 aromatic rings. The Bertz CT molecular complexity index is 687. The number of rotatable bonds is 3. The lowest BCUT2D eigenvalue weighted by atomic mass is 9.89. The molecule has 0 bridgehead atoms. The van der Waals surface area contributed by atoms with Crippen LogP contribution in [-0.4, -0.2) is 50.8 Å². The fraction of sp³-hybridized carbons (Fsp3) is 0.562. The van der Waals surface area contributed by atoms with Gasteiger partial charge >= 0.3 is 0 Å². The summed E-state index contributed by atoms with van der Waals surface area (Å²) < 4.78 is 31.3. The summed E-state index contributed by atoms with van der Waals surface area (Å²) in [4.78, 5) is 14.9. The molecule has 1 aliphatic heterocycles. The highest BCUT2D eigenvalue weighted by atomic mass is 32.2. The van der Waals surface area contributed by atoms with Crippen LogP contribution in [0.15, 0.2) is 24.3 Å². The summed E-state index contributed by atoms with van der Waals surface area (Å²) in [6, 6.07) is 6.85. The van der Waals surface area contributed by atoms with E-state index in [1.807, 2.05) is 4.90 Å². The van der Waals surface area contributed by atoms with Gasteiger partial charge in [-0.2, -0.15) is 0 Å². The molecule has 2 aliphatic rings. The highest BCUT2D eigenvalue weighted by Crippen LogP contribution is 2.30. The normalized spacial score (nSPS) is 24.8. The van der Waals surface area contributed by atoms with Crippen molar-refractivity contribution < 1.29 is 17.9 Å². The average Bonchev–Trinajstić information content (AvgIpc) is 2.53. The lowest BCUT2D eigenvalue weighted by molar-refractivity contribution is -0.0752. The molecule has 1 aliphatic carbocycles.